The van der Waals surface area contributed by atoms with Gasteiger partial charge in [0, 0.05) is 24.8 Å². The third-order valence-electron chi connectivity index (χ3n) is 5.16. The molecule has 8 heteroatoms. The normalized spacial score (nSPS) is 16.6. The number of nitrogens with zero attached hydrogens (tertiary/aromatic N) is 6. The first-order valence-corrected chi connectivity index (χ1v) is 9.49. The first kappa shape index (κ1) is 17.7. The Bertz CT molecular complexity index is 1160. The summed E-state index contributed by atoms with van der Waals surface area (Å²) in [4.78, 5) is 15.5. The molecule has 29 heavy (non-hydrogen) atoms. The quantitative estimate of drug-likeness (QED) is 0.577. The summed E-state index contributed by atoms with van der Waals surface area (Å²) in [7, 11) is 0. The van der Waals surface area contributed by atoms with E-state index in [1.807, 2.05) is 12.1 Å². The summed E-state index contributed by atoms with van der Waals surface area (Å²) in [6.45, 7) is 1.64. The van der Waals surface area contributed by atoms with Gasteiger partial charge in [-0.15, -0.1) is 0 Å². The summed E-state index contributed by atoms with van der Waals surface area (Å²) in [5.74, 6) is 0.209. The van der Waals surface area contributed by atoms with Gasteiger partial charge < -0.3 is 10.0 Å². The minimum absolute atomic E-state index is 0.268. The summed E-state index contributed by atoms with van der Waals surface area (Å²) in [5.41, 5.74) is 2.68. The zero-order valence-corrected chi connectivity index (χ0v) is 15.6. The van der Waals surface area contributed by atoms with Gasteiger partial charge in [-0.3, -0.25) is 0 Å². The van der Waals surface area contributed by atoms with Gasteiger partial charge in [0.15, 0.2) is 11.5 Å². The summed E-state index contributed by atoms with van der Waals surface area (Å²) in [5, 5.41) is 15.2. The van der Waals surface area contributed by atoms with E-state index in [9.17, 15) is 9.50 Å². The van der Waals surface area contributed by atoms with Gasteiger partial charge in [0.05, 0.1) is 36.1 Å². The Hall–Kier alpha value is -3.39. The monoisotopic (exact) mass is 390 g/mol. The van der Waals surface area contributed by atoms with Gasteiger partial charge in [0.1, 0.15) is 11.5 Å². The number of β-amino-alcohol motifs (C(OH)–C–C–N with tert-alkyl or cyclic N) is 1. The number of benzene rings is 1. The molecule has 7 nitrogen and oxygen atoms in total. The molecule has 1 fully saturated rings. The van der Waals surface area contributed by atoms with Crippen molar-refractivity contribution in [1.82, 2.24) is 24.7 Å². The maximum absolute atomic E-state index is 14.1. The van der Waals surface area contributed by atoms with Crippen molar-refractivity contribution in [3.8, 4) is 11.5 Å². The smallest absolute Gasteiger partial charge is 0.180 e. The fourth-order valence-electron chi connectivity index (χ4n) is 3.66. The van der Waals surface area contributed by atoms with Crippen LogP contribution in [-0.2, 0) is 6.54 Å². The van der Waals surface area contributed by atoms with Crippen molar-refractivity contribution in [1.29, 1.82) is 0 Å². The SMILES string of the molecule is O[C@H]1CCN(c2cnc(-c3nn(Cc4ccccc4F)c4ncccc34)nc2)C1. The third-order valence-corrected chi connectivity index (χ3v) is 5.16. The van der Waals surface area contributed by atoms with Gasteiger partial charge in [-0.25, -0.2) is 24.0 Å². The molecular weight excluding hydrogens is 371 g/mol. The van der Waals surface area contributed by atoms with Crippen molar-refractivity contribution >= 4 is 16.7 Å². The number of halogens is 1. The van der Waals surface area contributed by atoms with E-state index in [-0.39, 0.29) is 18.5 Å². The molecule has 0 spiro atoms. The van der Waals surface area contributed by atoms with Crippen LogP contribution in [0.4, 0.5) is 10.1 Å². The highest BCUT2D eigenvalue weighted by Crippen LogP contribution is 2.26. The van der Waals surface area contributed by atoms with E-state index >= 15 is 0 Å². The highest BCUT2D eigenvalue weighted by Gasteiger charge is 2.22. The lowest BCUT2D eigenvalue weighted by Crippen LogP contribution is -2.21. The molecule has 5 rings (SSSR count). The Kier molecular flexibility index (Phi) is 4.40. The second-order valence-electron chi connectivity index (χ2n) is 7.13. The van der Waals surface area contributed by atoms with Crippen molar-refractivity contribution in [3.05, 3.63) is 66.4 Å². The summed E-state index contributed by atoms with van der Waals surface area (Å²) in [6.07, 6.45) is 5.63. The average Bonchev–Trinajstić information content (AvgIpc) is 3.34. The Morgan fingerprint density at radius 2 is 1.90 bits per heavy atom. The molecule has 0 amide bonds. The van der Waals surface area contributed by atoms with Crippen LogP contribution in [0.25, 0.3) is 22.6 Å². The minimum atomic E-state index is -0.307. The zero-order valence-electron chi connectivity index (χ0n) is 15.6. The molecule has 3 aromatic heterocycles. The Morgan fingerprint density at radius 1 is 1.07 bits per heavy atom. The number of aliphatic hydroxyl groups excluding tert-OH is 1. The predicted molar refractivity (Wildman–Crippen MR) is 107 cm³/mol. The van der Waals surface area contributed by atoms with Gasteiger partial charge in [-0.1, -0.05) is 18.2 Å². The molecule has 1 aromatic carbocycles. The fourth-order valence-corrected chi connectivity index (χ4v) is 3.66. The summed E-state index contributed by atoms with van der Waals surface area (Å²) >= 11 is 0. The lowest BCUT2D eigenvalue weighted by atomic mass is 10.2. The fraction of sp³-hybridized carbons (Fsp3) is 0.238. The van der Waals surface area contributed by atoms with E-state index in [1.54, 1.807) is 41.5 Å². The van der Waals surface area contributed by atoms with Crippen LogP contribution < -0.4 is 4.90 Å². The molecule has 1 aliphatic rings. The number of rotatable bonds is 4. The Morgan fingerprint density at radius 3 is 2.66 bits per heavy atom. The van der Waals surface area contributed by atoms with Crippen molar-refractivity contribution < 1.29 is 9.50 Å². The second-order valence-corrected chi connectivity index (χ2v) is 7.13. The molecule has 1 aliphatic heterocycles. The highest BCUT2D eigenvalue weighted by molar-refractivity contribution is 5.89. The van der Waals surface area contributed by atoms with Gasteiger partial charge in [0.2, 0.25) is 0 Å². The van der Waals surface area contributed by atoms with Crippen molar-refractivity contribution in [2.75, 3.05) is 18.0 Å². The molecule has 146 valence electrons. The third kappa shape index (κ3) is 3.31. The van der Waals surface area contributed by atoms with Crippen LogP contribution in [0.2, 0.25) is 0 Å². The van der Waals surface area contributed by atoms with E-state index in [1.165, 1.54) is 6.07 Å². The Balaban J connectivity index is 1.51. The molecule has 4 heterocycles. The van der Waals surface area contributed by atoms with Crippen LogP contribution in [-0.4, -0.2) is 49.0 Å². The maximum atomic E-state index is 14.1. The largest absolute Gasteiger partial charge is 0.391 e. The van der Waals surface area contributed by atoms with E-state index in [2.05, 4.69) is 25.0 Å². The number of hydrogen-bond donors (Lipinski definition) is 1. The van der Waals surface area contributed by atoms with Crippen molar-refractivity contribution in [2.45, 2.75) is 19.1 Å². The van der Waals surface area contributed by atoms with Crippen LogP contribution >= 0.6 is 0 Å². The number of hydrogen-bond acceptors (Lipinski definition) is 6. The molecule has 0 saturated carbocycles. The molecule has 4 aromatic rings. The second kappa shape index (κ2) is 7.21. The van der Waals surface area contributed by atoms with Crippen molar-refractivity contribution in [2.24, 2.45) is 0 Å². The lowest BCUT2D eigenvalue weighted by Gasteiger charge is -2.16. The molecule has 0 unspecified atom stereocenters. The molecule has 1 saturated heterocycles. The van der Waals surface area contributed by atoms with Crippen LogP contribution in [0.3, 0.4) is 0 Å². The molecule has 0 bridgehead atoms. The highest BCUT2D eigenvalue weighted by atomic mass is 19.1. The topological polar surface area (TPSA) is 80.0 Å². The lowest BCUT2D eigenvalue weighted by molar-refractivity contribution is 0.198. The van der Waals surface area contributed by atoms with Crippen LogP contribution in [0.1, 0.15) is 12.0 Å². The van der Waals surface area contributed by atoms with Gasteiger partial charge in [0.25, 0.3) is 0 Å². The van der Waals surface area contributed by atoms with Gasteiger partial charge >= 0.3 is 0 Å². The molecular formula is C21H19FN6O. The van der Waals surface area contributed by atoms with E-state index in [0.29, 0.717) is 29.3 Å². The predicted octanol–water partition coefficient (Wildman–Crippen LogP) is 2.65. The van der Waals surface area contributed by atoms with Gasteiger partial charge in [-0.2, -0.15) is 5.10 Å². The number of pyridine rings is 1. The summed E-state index contributed by atoms with van der Waals surface area (Å²) in [6, 6.07) is 10.4. The number of aromatic nitrogens is 5. The number of fused-ring (bicyclic) bond motifs is 1. The molecule has 1 atom stereocenters. The minimum Gasteiger partial charge on any atom is -0.391 e. The first-order valence-electron chi connectivity index (χ1n) is 9.49. The number of anilines is 1. The van der Waals surface area contributed by atoms with Crippen LogP contribution in [0.5, 0.6) is 0 Å². The van der Waals surface area contributed by atoms with E-state index in [4.69, 9.17) is 0 Å². The van der Waals surface area contributed by atoms with Crippen molar-refractivity contribution in [3.63, 3.8) is 0 Å². The van der Waals surface area contributed by atoms with E-state index in [0.717, 1.165) is 24.0 Å². The number of aliphatic hydroxyl groups is 1. The Labute approximate surface area is 166 Å². The standard InChI is InChI=1S/C21H19FN6O/c22-18-6-2-1-4-14(18)12-28-21-17(5-3-8-23-21)19(26-28)20-24-10-15(11-25-20)27-9-7-16(29)13-27/h1-6,8,10-11,16,29H,7,9,12-13H2/t16-/m0/s1. The van der Waals surface area contributed by atoms with Crippen LogP contribution in [0.15, 0.2) is 55.0 Å². The average molecular weight is 390 g/mol. The maximum Gasteiger partial charge on any atom is 0.180 e. The van der Waals surface area contributed by atoms with Crippen LogP contribution in [0, 0.1) is 5.82 Å². The summed E-state index contributed by atoms with van der Waals surface area (Å²) < 4.78 is 15.8. The van der Waals surface area contributed by atoms with E-state index < -0.39 is 0 Å². The molecule has 1 N–H and O–H groups in total. The van der Waals surface area contributed by atoms with Gasteiger partial charge in [-0.05, 0) is 24.6 Å². The zero-order chi connectivity index (χ0) is 19.8. The molecule has 0 aliphatic carbocycles. The first-order chi connectivity index (χ1) is 14.2. The molecule has 0 radical (unpaired) electrons.